The molecule has 0 bridgehead atoms. The number of benzene rings is 1. The first-order valence-corrected chi connectivity index (χ1v) is 4.97. The monoisotopic (exact) mass is 203 g/mol. The van der Waals surface area contributed by atoms with Crippen LogP contribution in [0, 0.1) is 6.92 Å². The number of nitrogens with one attached hydrogen (secondary N) is 1. The first-order valence-electron chi connectivity index (χ1n) is 4.97. The molecular weight excluding hydrogens is 190 g/mol. The average molecular weight is 203 g/mol. The second kappa shape index (κ2) is 3.77. The number of hydrogen-bond donors (Lipinski definition) is 1. The molecule has 2 aromatic rings. The number of hydrogen-bond acceptors (Lipinski definition) is 2. The van der Waals surface area contributed by atoms with Crippen molar-refractivity contribution < 1.29 is 4.74 Å². The summed E-state index contributed by atoms with van der Waals surface area (Å²) in [5.41, 5.74) is 1.62. The number of aromatic amines is 1. The van der Waals surface area contributed by atoms with Gasteiger partial charge in [-0.3, -0.25) is 4.79 Å². The fraction of sp³-hybridized carbons (Fsp3) is 0.250. The molecule has 0 unspecified atom stereocenters. The molecule has 1 N–H and O–H groups in total. The number of aryl methyl sites for hydroxylation is 1. The van der Waals surface area contributed by atoms with Gasteiger partial charge in [-0.05, 0) is 32.0 Å². The molecule has 0 saturated heterocycles. The van der Waals surface area contributed by atoms with Crippen LogP contribution in [0.1, 0.15) is 12.5 Å². The van der Waals surface area contributed by atoms with E-state index in [1.54, 1.807) is 19.2 Å². The maximum absolute atomic E-state index is 11.8. The fourth-order valence-electron chi connectivity index (χ4n) is 1.56. The van der Waals surface area contributed by atoms with Crippen molar-refractivity contribution in [2.45, 2.75) is 13.8 Å². The van der Waals surface area contributed by atoms with Crippen molar-refractivity contribution in [3.05, 3.63) is 40.2 Å². The van der Waals surface area contributed by atoms with Crippen LogP contribution in [0.2, 0.25) is 0 Å². The Kier molecular flexibility index (Phi) is 2.46. The Labute approximate surface area is 87.7 Å². The Morgan fingerprint density at radius 2 is 2.20 bits per heavy atom. The largest absolute Gasteiger partial charge is 0.494 e. The molecule has 2 rings (SSSR count). The zero-order chi connectivity index (χ0) is 10.8. The summed E-state index contributed by atoms with van der Waals surface area (Å²) in [5, 5.41) is 0.681. The number of ether oxygens (including phenoxy) is 1. The van der Waals surface area contributed by atoms with Crippen molar-refractivity contribution in [3.63, 3.8) is 0 Å². The van der Waals surface area contributed by atoms with E-state index >= 15 is 0 Å². The van der Waals surface area contributed by atoms with Gasteiger partial charge in [-0.15, -0.1) is 0 Å². The lowest BCUT2D eigenvalue weighted by Gasteiger charge is -2.04. The molecule has 3 nitrogen and oxygen atoms in total. The molecule has 0 aliphatic rings. The van der Waals surface area contributed by atoms with Gasteiger partial charge in [-0.2, -0.15) is 0 Å². The highest BCUT2D eigenvalue weighted by atomic mass is 16.5. The Bertz CT molecular complexity index is 543. The van der Waals surface area contributed by atoms with E-state index in [0.29, 0.717) is 12.0 Å². The molecule has 1 aromatic carbocycles. The Hall–Kier alpha value is -1.77. The molecule has 3 heteroatoms. The van der Waals surface area contributed by atoms with Crippen molar-refractivity contribution in [3.8, 4) is 5.75 Å². The molecule has 0 atom stereocenters. The molecule has 1 heterocycles. The molecule has 1 aromatic heterocycles. The SMILES string of the molecule is CCOc1ccc2[nH]cc(C)c(=O)c2c1. The number of pyridine rings is 1. The van der Waals surface area contributed by atoms with E-state index in [1.807, 2.05) is 19.1 Å². The second-order valence-corrected chi connectivity index (χ2v) is 3.44. The van der Waals surface area contributed by atoms with Crippen molar-refractivity contribution in [1.82, 2.24) is 4.98 Å². The maximum Gasteiger partial charge on any atom is 0.192 e. The summed E-state index contributed by atoms with van der Waals surface area (Å²) in [6.07, 6.45) is 1.73. The van der Waals surface area contributed by atoms with Gasteiger partial charge in [-0.25, -0.2) is 0 Å². The molecule has 0 radical (unpaired) electrons. The predicted octanol–water partition coefficient (Wildman–Crippen LogP) is 2.24. The second-order valence-electron chi connectivity index (χ2n) is 3.44. The van der Waals surface area contributed by atoms with Crippen LogP contribution in [0.3, 0.4) is 0 Å². The summed E-state index contributed by atoms with van der Waals surface area (Å²) in [6.45, 7) is 4.32. The fourth-order valence-corrected chi connectivity index (χ4v) is 1.56. The van der Waals surface area contributed by atoms with Gasteiger partial charge in [0, 0.05) is 22.7 Å². The number of aromatic nitrogens is 1. The Morgan fingerprint density at radius 1 is 1.40 bits per heavy atom. The lowest BCUT2D eigenvalue weighted by Crippen LogP contribution is -2.06. The summed E-state index contributed by atoms with van der Waals surface area (Å²) < 4.78 is 5.36. The van der Waals surface area contributed by atoms with Crippen LogP contribution in [0.25, 0.3) is 10.9 Å². The maximum atomic E-state index is 11.8. The quantitative estimate of drug-likeness (QED) is 0.813. The Morgan fingerprint density at radius 3 is 2.93 bits per heavy atom. The zero-order valence-corrected chi connectivity index (χ0v) is 8.83. The smallest absolute Gasteiger partial charge is 0.192 e. The number of H-pyrrole nitrogens is 1. The van der Waals surface area contributed by atoms with Crippen LogP contribution in [0.5, 0.6) is 5.75 Å². The van der Waals surface area contributed by atoms with Gasteiger partial charge in [0.25, 0.3) is 0 Å². The first kappa shape index (κ1) is 9.77. The summed E-state index contributed by atoms with van der Waals surface area (Å²) in [5.74, 6) is 0.737. The van der Waals surface area contributed by atoms with Crippen molar-refractivity contribution in [1.29, 1.82) is 0 Å². The zero-order valence-electron chi connectivity index (χ0n) is 8.83. The first-order chi connectivity index (χ1) is 7.22. The van der Waals surface area contributed by atoms with Gasteiger partial charge in [0.05, 0.1) is 6.61 Å². The summed E-state index contributed by atoms with van der Waals surface area (Å²) in [7, 11) is 0. The van der Waals surface area contributed by atoms with Gasteiger partial charge >= 0.3 is 0 Å². The van der Waals surface area contributed by atoms with Crippen molar-refractivity contribution in [2.24, 2.45) is 0 Å². The van der Waals surface area contributed by atoms with E-state index < -0.39 is 0 Å². The van der Waals surface area contributed by atoms with Crippen LogP contribution in [0.15, 0.2) is 29.2 Å². The van der Waals surface area contributed by atoms with E-state index in [0.717, 1.165) is 16.8 Å². The number of rotatable bonds is 2. The minimum atomic E-state index is 0.0605. The third kappa shape index (κ3) is 1.73. The minimum Gasteiger partial charge on any atom is -0.494 e. The third-order valence-electron chi connectivity index (χ3n) is 2.35. The molecule has 0 spiro atoms. The van der Waals surface area contributed by atoms with Crippen LogP contribution >= 0.6 is 0 Å². The summed E-state index contributed by atoms with van der Waals surface area (Å²) >= 11 is 0. The highest BCUT2D eigenvalue weighted by Gasteiger charge is 2.02. The molecule has 0 amide bonds. The summed E-state index contributed by atoms with van der Waals surface area (Å²) in [4.78, 5) is 14.9. The highest BCUT2D eigenvalue weighted by molar-refractivity contribution is 5.80. The normalized spacial score (nSPS) is 10.5. The van der Waals surface area contributed by atoms with E-state index in [-0.39, 0.29) is 5.43 Å². The van der Waals surface area contributed by atoms with E-state index in [2.05, 4.69) is 4.98 Å². The standard InChI is InChI=1S/C12H13NO2/c1-3-15-9-4-5-11-10(6-9)12(14)8(2)7-13-11/h4-7H,3H2,1-2H3,(H,13,14). The van der Waals surface area contributed by atoms with Crippen molar-refractivity contribution in [2.75, 3.05) is 6.61 Å². The van der Waals surface area contributed by atoms with E-state index in [9.17, 15) is 4.79 Å². The van der Waals surface area contributed by atoms with Crippen LogP contribution < -0.4 is 10.2 Å². The van der Waals surface area contributed by atoms with Gasteiger partial charge in [0.1, 0.15) is 5.75 Å². The molecule has 0 aliphatic heterocycles. The molecule has 78 valence electrons. The molecule has 15 heavy (non-hydrogen) atoms. The topological polar surface area (TPSA) is 42.1 Å². The summed E-state index contributed by atoms with van der Waals surface area (Å²) in [6, 6.07) is 5.50. The van der Waals surface area contributed by atoms with Gasteiger partial charge in [0.15, 0.2) is 5.43 Å². The molecule has 0 fully saturated rings. The minimum absolute atomic E-state index is 0.0605. The average Bonchev–Trinajstić information content (AvgIpc) is 2.25. The lowest BCUT2D eigenvalue weighted by atomic mass is 10.1. The molecule has 0 saturated carbocycles. The highest BCUT2D eigenvalue weighted by Crippen LogP contribution is 2.16. The molecular formula is C12H13NO2. The van der Waals surface area contributed by atoms with Gasteiger partial charge < -0.3 is 9.72 Å². The third-order valence-corrected chi connectivity index (χ3v) is 2.35. The lowest BCUT2D eigenvalue weighted by molar-refractivity contribution is 0.340. The number of fused-ring (bicyclic) bond motifs is 1. The van der Waals surface area contributed by atoms with E-state index in [4.69, 9.17) is 4.74 Å². The van der Waals surface area contributed by atoms with Crippen LogP contribution in [0.4, 0.5) is 0 Å². The van der Waals surface area contributed by atoms with Crippen LogP contribution in [-0.2, 0) is 0 Å². The predicted molar refractivity (Wildman–Crippen MR) is 60.5 cm³/mol. The molecule has 0 aliphatic carbocycles. The van der Waals surface area contributed by atoms with Gasteiger partial charge in [-0.1, -0.05) is 0 Å². The van der Waals surface area contributed by atoms with Crippen LogP contribution in [-0.4, -0.2) is 11.6 Å². The van der Waals surface area contributed by atoms with Crippen molar-refractivity contribution >= 4 is 10.9 Å². The van der Waals surface area contributed by atoms with E-state index in [1.165, 1.54) is 0 Å². The Balaban J connectivity index is 2.68. The van der Waals surface area contributed by atoms with Gasteiger partial charge in [0.2, 0.25) is 0 Å².